The number of benzene rings is 3. The number of aliphatic hydroxyl groups is 1. The molecule has 188 valence electrons. The van der Waals surface area contributed by atoms with Crippen molar-refractivity contribution in [3.8, 4) is 11.5 Å². The van der Waals surface area contributed by atoms with E-state index in [9.17, 15) is 14.7 Å². The third-order valence-corrected chi connectivity index (χ3v) is 6.69. The van der Waals surface area contributed by atoms with Gasteiger partial charge in [0.05, 0.1) is 25.3 Å². The predicted molar refractivity (Wildman–Crippen MR) is 142 cm³/mol. The van der Waals surface area contributed by atoms with Crippen LogP contribution in [0.1, 0.15) is 29.7 Å². The number of aromatic nitrogens is 1. The van der Waals surface area contributed by atoms with Crippen molar-refractivity contribution < 1.29 is 24.2 Å². The number of amides is 1. The SMILES string of the molecule is CCOc1ccc(C(O)=C2C(=O)C(=O)N(CCc3c[nH]c4ccc(OC)cc34)[C@H]2c2ccccc2)cc1. The first kappa shape index (κ1) is 24.2. The number of likely N-dealkylation sites (tertiary alicyclic amines) is 1. The van der Waals surface area contributed by atoms with Gasteiger partial charge in [-0.25, -0.2) is 0 Å². The number of nitrogens with one attached hydrogen (secondary N) is 1. The second kappa shape index (κ2) is 10.2. The van der Waals surface area contributed by atoms with E-state index in [4.69, 9.17) is 9.47 Å². The third kappa shape index (κ3) is 4.56. The zero-order valence-electron chi connectivity index (χ0n) is 20.7. The number of aliphatic hydroxyl groups excluding tert-OH is 1. The Morgan fingerprint density at radius 1 is 1.00 bits per heavy atom. The number of methoxy groups -OCH3 is 1. The quantitative estimate of drug-likeness (QED) is 0.198. The number of rotatable bonds is 8. The first-order valence-corrected chi connectivity index (χ1v) is 12.2. The number of aromatic amines is 1. The van der Waals surface area contributed by atoms with Crippen molar-refractivity contribution in [2.75, 3.05) is 20.3 Å². The van der Waals surface area contributed by atoms with Gasteiger partial charge in [0.1, 0.15) is 17.3 Å². The first-order valence-electron chi connectivity index (χ1n) is 12.2. The molecule has 1 amide bonds. The summed E-state index contributed by atoms with van der Waals surface area (Å²) in [6.07, 6.45) is 2.44. The predicted octanol–water partition coefficient (Wildman–Crippen LogP) is 5.24. The van der Waals surface area contributed by atoms with E-state index < -0.39 is 17.7 Å². The molecule has 1 aliphatic rings. The van der Waals surface area contributed by atoms with E-state index in [1.165, 1.54) is 0 Å². The molecule has 5 rings (SSSR count). The van der Waals surface area contributed by atoms with Crippen molar-refractivity contribution >= 4 is 28.4 Å². The Kier molecular flexibility index (Phi) is 6.68. The molecule has 2 heterocycles. The van der Waals surface area contributed by atoms with Crippen LogP contribution in [0.3, 0.4) is 0 Å². The highest BCUT2D eigenvalue weighted by Gasteiger charge is 2.45. The maximum absolute atomic E-state index is 13.3. The number of Topliss-reactive ketones (excluding diaryl/α,β-unsaturated/α-hetero) is 1. The summed E-state index contributed by atoms with van der Waals surface area (Å²) >= 11 is 0. The van der Waals surface area contributed by atoms with Crippen molar-refractivity contribution in [2.24, 2.45) is 0 Å². The van der Waals surface area contributed by atoms with E-state index >= 15 is 0 Å². The highest BCUT2D eigenvalue weighted by molar-refractivity contribution is 6.46. The lowest BCUT2D eigenvalue weighted by Crippen LogP contribution is -2.31. The molecule has 1 atom stereocenters. The van der Waals surface area contributed by atoms with Crippen molar-refractivity contribution in [1.82, 2.24) is 9.88 Å². The fourth-order valence-electron chi connectivity index (χ4n) is 4.86. The molecule has 0 saturated carbocycles. The number of carbonyl (C=O) groups is 2. The van der Waals surface area contributed by atoms with Gasteiger partial charge in [0.2, 0.25) is 0 Å². The van der Waals surface area contributed by atoms with Crippen LogP contribution in [-0.4, -0.2) is 46.9 Å². The molecule has 7 heteroatoms. The van der Waals surface area contributed by atoms with Crippen LogP contribution >= 0.6 is 0 Å². The summed E-state index contributed by atoms with van der Waals surface area (Å²) < 4.78 is 10.9. The molecule has 2 N–H and O–H groups in total. The molecule has 0 spiro atoms. The summed E-state index contributed by atoms with van der Waals surface area (Å²) in [5, 5.41) is 12.3. The Balaban J connectivity index is 1.51. The maximum Gasteiger partial charge on any atom is 0.295 e. The van der Waals surface area contributed by atoms with Crippen LogP contribution in [0.2, 0.25) is 0 Å². The van der Waals surface area contributed by atoms with Gasteiger partial charge in [0.25, 0.3) is 11.7 Å². The Hall–Kier alpha value is -4.52. The average molecular weight is 497 g/mol. The fourth-order valence-corrected chi connectivity index (χ4v) is 4.86. The molecule has 3 aromatic carbocycles. The molecule has 1 aliphatic heterocycles. The van der Waals surface area contributed by atoms with Gasteiger partial charge in [-0.1, -0.05) is 30.3 Å². The second-order valence-electron chi connectivity index (χ2n) is 8.84. The molecule has 4 aromatic rings. The van der Waals surface area contributed by atoms with Crippen LogP contribution in [0.4, 0.5) is 0 Å². The molecule has 7 nitrogen and oxygen atoms in total. The molecule has 37 heavy (non-hydrogen) atoms. The van der Waals surface area contributed by atoms with Crippen molar-refractivity contribution in [1.29, 1.82) is 0 Å². The minimum Gasteiger partial charge on any atom is -0.507 e. The second-order valence-corrected chi connectivity index (χ2v) is 8.84. The zero-order chi connectivity index (χ0) is 25.9. The Morgan fingerprint density at radius 2 is 1.73 bits per heavy atom. The number of H-pyrrole nitrogens is 1. The van der Waals surface area contributed by atoms with Crippen LogP contribution < -0.4 is 9.47 Å². The topological polar surface area (TPSA) is 91.9 Å². The molecular weight excluding hydrogens is 468 g/mol. The molecule has 0 radical (unpaired) electrons. The van der Waals surface area contributed by atoms with Crippen LogP contribution in [0.15, 0.2) is 84.6 Å². The third-order valence-electron chi connectivity index (χ3n) is 6.69. The van der Waals surface area contributed by atoms with E-state index in [1.807, 2.05) is 61.7 Å². The smallest absolute Gasteiger partial charge is 0.295 e. The number of carbonyl (C=O) groups excluding carboxylic acids is 2. The number of hydrogen-bond donors (Lipinski definition) is 2. The van der Waals surface area contributed by atoms with E-state index in [1.54, 1.807) is 36.3 Å². The van der Waals surface area contributed by atoms with Crippen molar-refractivity contribution in [3.63, 3.8) is 0 Å². The number of fused-ring (bicyclic) bond motifs is 1. The minimum atomic E-state index is -0.701. The van der Waals surface area contributed by atoms with Crippen molar-refractivity contribution in [2.45, 2.75) is 19.4 Å². The lowest BCUT2D eigenvalue weighted by Gasteiger charge is -2.25. The summed E-state index contributed by atoms with van der Waals surface area (Å²) in [6, 6.07) is 21.3. The highest BCUT2D eigenvalue weighted by Crippen LogP contribution is 2.39. The Bertz CT molecular complexity index is 1470. The standard InChI is InChI=1S/C30H28N2O5/c1-3-37-22-11-9-20(10-12-22)28(33)26-27(19-7-5-4-6-8-19)32(30(35)29(26)34)16-15-21-18-31-25-14-13-23(36-2)17-24(21)25/h4-14,17-18,27,31,33H,3,15-16H2,1-2H3/t27-/m0/s1. The maximum atomic E-state index is 13.3. The molecule has 1 aromatic heterocycles. The molecule has 0 bridgehead atoms. The average Bonchev–Trinajstić information content (AvgIpc) is 3.45. The first-order chi connectivity index (χ1) is 18.0. The molecule has 0 unspecified atom stereocenters. The van der Waals surface area contributed by atoms with Gasteiger partial charge in [-0.2, -0.15) is 0 Å². The van der Waals surface area contributed by atoms with Gasteiger partial charge in [-0.15, -0.1) is 0 Å². The summed E-state index contributed by atoms with van der Waals surface area (Å²) in [4.78, 5) is 31.4. The van der Waals surface area contributed by atoms with Gasteiger partial charge in [0, 0.05) is 29.2 Å². The van der Waals surface area contributed by atoms with E-state index in [-0.39, 0.29) is 11.3 Å². The van der Waals surface area contributed by atoms with E-state index in [0.29, 0.717) is 30.9 Å². The molecule has 1 saturated heterocycles. The number of ether oxygens (including phenoxy) is 2. The van der Waals surface area contributed by atoms with Gasteiger partial charge in [-0.05, 0) is 66.9 Å². The van der Waals surface area contributed by atoms with Gasteiger partial charge < -0.3 is 24.5 Å². The normalized spacial score (nSPS) is 16.9. The van der Waals surface area contributed by atoms with Crippen LogP contribution in [0, 0.1) is 0 Å². The van der Waals surface area contributed by atoms with Gasteiger partial charge in [0.15, 0.2) is 0 Å². The minimum absolute atomic E-state index is 0.0842. The largest absolute Gasteiger partial charge is 0.507 e. The molecular formula is C30H28N2O5. The monoisotopic (exact) mass is 496 g/mol. The lowest BCUT2D eigenvalue weighted by atomic mass is 9.95. The van der Waals surface area contributed by atoms with Crippen LogP contribution in [0.25, 0.3) is 16.7 Å². The molecule has 1 fully saturated rings. The summed E-state index contributed by atoms with van der Waals surface area (Å²) in [5.41, 5.74) is 3.27. The van der Waals surface area contributed by atoms with E-state index in [2.05, 4.69) is 4.98 Å². The zero-order valence-corrected chi connectivity index (χ0v) is 20.7. The van der Waals surface area contributed by atoms with Gasteiger partial charge in [-0.3, -0.25) is 9.59 Å². The number of hydrogen-bond acceptors (Lipinski definition) is 5. The summed E-state index contributed by atoms with van der Waals surface area (Å²) in [5.74, 6) is -0.114. The van der Waals surface area contributed by atoms with Gasteiger partial charge >= 0.3 is 0 Å². The summed E-state index contributed by atoms with van der Waals surface area (Å²) in [7, 11) is 1.62. The molecule has 0 aliphatic carbocycles. The highest BCUT2D eigenvalue weighted by atomic mass is 16.5. The fraction of sp³-hybridized carbons (Fsp3) is 0.200. The number of ketones is 1. The van der Waals surface area contributed by atoms with Crippen LogP contribution in [0.5, 0.6) is 11.5 Å². The van der Waals surface area contributed by atoms with Crippen molar-refractivity contribution in [3.05, 3.63) is 101 Å². The summed E-state index contributed by atoms with van der Waals surface area (Å²) in [6.45, 7) is 2.71. The van der Waals surface area contributed by atoms with E-state index in [0.717, 1.165) is 27.8 Å². The lowest BCUT2D eigenvalue weighted by molar-refractivity contribution is -0.139. The van der Waals surface area contributed by atoms with Crippen LogP contribution in [-0.2, 0) is 16.0 Å². The Labute approximate surface area is 214 Å². The number of nitrogens with zero attached hydrogens (tertiary/aromatic N) is 1. The Morgan fingerprint density at radius 3 is 2.43 bits per heavy atom.